The number of aliphatic hydroxyl groups is 2. The molecule has 0 spiro atoms. The van der Waals surface area contributed by atoms with Crippen molar-refractivity contribution >= 4 is 17.9 Å². The average Bonchev–Trinajstić information content (AvgIpc) is 2.58. The largest absolute Gasteiger partial charge is 0.455 e. The lowest BCUT2D eigenvalue weighted by molar-refractivity contribution is -0.297. The molecule has 9 nitrogen and oxygen atoms in total. The molecule has 0 aromatic carbocycles. The molecule has 0 saturated carbocycles. The minimum atomic E-state index is -1.66. The monoisotopic (exact) mass is 390 g/mol. The first-order chi connectivity index (χ1) is 12.5. The number of hydrogen-bond acceptors (Lipinski definition) is 9. The van der Waals surface area contributed by atoms with Crippen LogP contribution in [0.2, 0.25) is 0 Å². The summed E-state index contributed by atoms with van der Waals surface area (Å²) in [7, 11) is 0. The van der Waals surface area contributed by atoms with E-state index in [4.69, 9.17) is 18.9 Å². The number of carbonyl (C=O) groups excluding carboxylic acids is 3. The summed E-state index contributed by atoms with van der Waals surface area (Å²) >= 11 is 0. The summed E-state index contributed by atoms with van der Waals surface area (Å²) in [5, 5.41) is 19.8. The minimum Gasteiger partial charge on any atom is -0.455 e. The van der Waals surface area contributed by atoms with Gasteiger partial charge in [-0.05, 0) is 0 Å². The third-order valence-electron chi connectivity index (χ3n) is 3.96. The highest BCUT2D eigenvalue weighted by Gasteiger charge is 2.52. The molecule has 0 bridgehead atoms. The second-order valence-corrected chi connectivity index (χ2v) is 7.42. The Morgan fingerprint density at radius 2 is 1.15 bits per heavy atom. The number of ether oxygens (including phenoxy) is 4. The number of rotatable bonds is 7. The van der Waals surface area contributed by atoms with Crippen molar-refractivity contribution in [1.82, 2.24) is 0 Å². The van der Waals surface area contributed by atoms with E-state index >= 15 is 0 Å². The van der Waals surface area contributed by atoms with Gasteiger partial charge in [0.25, 0.3) is 0 Å². The van der Waals surface area contributed by atoms with E-state index in [1.165, 1.54) is 0 Å². The quantitative estimate of drug-likeness (QED) is 0.469. The van der Waals surface area contributed by atoms with Crippen molar-refractivity contribution in [2.45, 2.75) is 72.2 Å². The predicted octanol–water partition coefficient (Wildman–Crippen LogP) is 0.399. The summed E-state index contributed by atoms with van der Waals surface area (Å²) in [6.45, 7) is 9.02. The molecule has 0 radical (unpaired) electrons. The molecule has 27 heavy (non-hydrogen) atoms. The zero-order chi connectivity index (χ0) is 20.9. The number of esters is 3. The van der Waals surface area contributed by atoms with Gasteiger partial charge in [-0.2, -0.15) is 0 Å². The molecule has 1 saturated heterocycles. The maximum atomic E-state index is 12.2. The molecule has 1 heterocycles. The Hall–Kier alpha value is -1.71. The molecular weight excluding hydrogens is 360 g/mol. The van der Waals surface area contributed by atoms with Gasteiger partial charge in [-0.3, -0.25) is 14.4 Å². The van der Waals surface area contributed by atoms with E-state index in [1.54, 1.807) is 41.5 Å². The predicted molar refractivity (Wildman–Crippen MR) is 92.1 cm³/mol. The number of aliphatic hydroxyl groups excluding tert-OH is 2. The summed E-state index contributed by atoms with van der Waals surface area (Å²) in [6, 6.07) is 0. The summed E-state index contributed by atoms with van der Waals surface area (Å²) < 4.78 is 21.3. The van der Waals surface area contributed by atoms with Crippen molar-refractivity contribution in [3.63, 3.8) is 0 Å². The zero-order valence-electron chi connectivity index (χ0n) is 16.6. The molecule has 1 aliphatic rings. The lowest BCUT2D eigenvalue weighted by Gasteiger charge is -2.43. The van der Waals surface area contributed by atoms with Crippen molar-refractivity contribution in [2.75, 3.05) is 6.61 Å². The summed E-state index contributed by atoms with van der Waals surface area (Å²) in [4.78, 5) is 36.3. The van der Waals surface area contributed by atoms with Crippen molar-refractivity contribution in [1.29, 1.82) is 0 Å². The second-order valence-electron chi connectivity index (χ2n) is 7.42. The third kappa shape index (κ3) is 6.15. The fraction of sp³-hybridized carbons (Fsp3) is 0.833. The van der Waals surface area contributed by atoms with E-state index < -0.39 is 73.0 Å². The van der Waals surface area contributed by atoms with Gasteiger partial charge >= 0.3 is 17.9 Å². The van der Waals surface area contributed by atoms with Gasteiger partial charge in [-0.25, -0.2) is 0 Å². The highest BCUT2D eigenvalue weighted by atomic mass is 16.7. The van der Waals surface area contributed by atoms with Crippen LogP contribution in [-0.4, -0.2) is 65.4 Å². The molecular formula is C18H30O9. The van der Waals surface area contributed by atoms with Gasteiger partial charge in [0, 0.05) is 0 Å². The first-order valence-electron chi connectivity index (χ1n) is 9.05. The molecule has 1 fully saturated rings. The van der Waals surface area contributed by atoms with Gasteiger partial charge in [0.1, 0.15) is 6.10 Å². The second kappa shape index (κ2) is 10.0. The topological polar surface area (TPSA) is 129 Å². The first kappa shape index (κ1) is 23.3. The van der Waals surface area contributed by atoms with E-state index in [2.05, 4.69) is 0 Å². The standard InChI is InChI=1S/C18H30O9/c1-8(2)15(20)25-12-11(7-19)24-18(23)14(27-17(22)10(5)6)13(12)26-16(21)9(3)4/h8-14,18-19,23H,7H2,1-6H3/t11-,12-,13+,14-,18?/m1/s1. The summed E-state index contributed by atoms with van der Waals surface area (Å²) in [5.74, 6) is -3.41. The van der Waals surface area contributed by atoms with Crippen LogP contribution in [0.5, 0.6) is 0 Å². The lowest BCUT2D eigenvalue weighted by Crippen LogP contribution is -2.62. The van der Waals surface area contributed by atoms with Gasteiger partial charge in [-0.1, -0.05) is 41.5 Å². The Bertz CT molecular complexity index is 529. The Labute approximate surface area is 158 Å². The minimum absolute atomic E-state index is 0.491. The van der Waals surface area contributed by atoms with Gasteiger partial charge in [0.05, 0.1) is 24.4 Å². The van der Waals surface area contributed by atoms with Crippen LogP contribution in [-0.2, 0) is 33.3 Å². The fourth-order valence-electron chi connectivity index (χ4n) is 2.25. The Kier molecular flexibility index (Phi) is 8.64. The highest BCUT2D eigenvalue weighted by Crippen LogP contribution is 2.29. The van der Waals surface area contributed by atoms with E-state index in [1.807, 2.05) is 0 Å². The van der Waals surface area contributed by atoms with E-state index in [0.717, 1.165) is 0 Å². The van der Waals surface area contributed by atoms with Crippen LogP contribution in [0.15, 0.2) is 0 Å². The smallest absolute Gasteiger partial charge is 0.308 e. The van der Waals surface area contributed by atoms with Gasteiger partial charge < -0.3 is 29.2 Å². The average molecular weight is 390 g/mol. The van der Waals surface area contributed by atoms with Crippen LogP contribution >= 0.6 is 0 Å². The van der Waals surface area contributed by atoms with Crippen LogP contribution in [0.1, 0.15) is 41.5 Å². The van der Waals surface area contributed by atoms with Crippen molar-refractivity contribution < 1.29 is 43.5 Å². The molecule has 1 aliphatic heterocycles. The molecule has 0 amide bonds. The SMILES string of the molecule is CC(C)C(=O)O[C@H]1[C@H](OC(=O)C(C)C)[C@@H](OC(=O)C(C)C)C(O)O[C@@H]1CO. The van der Waals surface area contributed by atoms with Crippen LogP contribution in [0.25, 0.3) is 0 Å². The molecule has 0 aromatic rings. The van der Waals surface area contributed by atoms with Gasteiger partial charge in [0.2, 0.25) is 0 Å². The van der Waals surface area contributed by atoms with E-state index in [9.17, 15) is 24.6 Å². The maximum absolute atomic E-state index is 12.2. The molecule has 0 aliphatic carbocycles. The van der Waals surface area contributed by atoms with Crippen LogP contribution in [0.4, 0.5) is 0 Å². The van der Waals surface area contributed by atoms with Crippen LogP contribution in [0, 0.1) is 17.8 Å². The Balaban J connectivity index is 3.22. The Morgan fingerprint density at radius 1 is 0.778 bits per heavy atom. The molecule has 0 aromatic heterocycles. The van der Waals surface area contributed by atoms with Crippen molar-refractivity contribution in [3.8, 4) is 0 Å². The van der Waals surface area contributed by atoms with Crippen molar-refractivity contribution in [2.24, 2.45) is 17.8 Å². The van der Waals surface area contributed by atoms with Crippen LogP contribution < -0.4 is 0 Å². The summed E-state index contributed by atoms with van der Waals surface area (Å²) in [6.07, 6.45) is -6.80. The molecule has 1 unspecified atom stereocenters. The molecule has 1 rings (SSSR count). The fourth-order valence-corrected chi connectivity index (χ4v) is 2.25. The number of hydrogen-bond donors (Lipinski definition) is 2. The highest BCUT2D eigenvalue weighted by molar-refractivity contribution is 5.73. The van der Waals surface area contributed by atoms with Gasteiger partial charge in [0.15, 0.2) is 24.6 Å². The zero-order valence-corrected chi connectivity index (χ0v) is 16.6. The third-order valence-corrected chi connectivity index (χ3v) is 3.96. The first-order valence-corrected chi connectivity index (χ1v) is 9.05. The molecule has 156 valence electrons. The summed E-state index contributed by atoms with van der Waals surface area (Å²) in [5.41, 5.74) is 0. The maximum Gasteiger partial charge on any atom is 0.308 e. The molecule has 2 N–H and O–H groups in total. The van der Waals surface area contributed by atoms with Crippen LogP contribution in [0.3, 0.4) is 0 Å². The lowest BCUT2D eigenvalue weighted by atomic mass is 9.97. The number of carbonyl (C=O) groups is 3. The normalized spacial score (nSPS) is 28.3. The molecule has 9 heteroatoms. The van der Waals surface area contributed by atoms with Crippen molar-refractivity contribution in [3.05, 3.63) is 0 Å². The molecule has 5 atom stereocenters. The van der Waals surface area contributed by atoms with E-state index in [0.29, 0.717) is 0 Å². The van der Waals surface area contributed by atoms with E-state index in [-0.39, 0.29) is 0 Å². The van der Waals surface area contributed by atoms with Gasteiger partial charge in [-0.15, -0.1) is 0 Å². The Morgan fingerprint density at radius 3 is 1.52 bits per heavy atom.